The quantitative estimate of drug-likeness (QED) is 0.602. The summed E-state index contributed by atoms with van der Waals surface area (Å²) in [4.78, 5) is 15.9. The van der Waals surface area contributed by atoms with Crippen molar-refractivity contribution < 1.29 is 32.3 Å². The van der Waals surface area contributed by atoms with Crippen molar-refractivity contribution in [3.63, 3.8) is 0 Å². The highest BCUT2D eigenvalue weighted by Gasteiger charge is 2.36. The zero-order valence-electron chi connectivity index (χ0n) is 15.8. The molecule has 1 aliphatic rings. The Morgan fingerprint density at radius 1 is 1.30 bits per heavy atom. The Hall–Kier alpha value is -3.15. The van der Waals surface area contributed by atoms with Gasteiger partial charge in [-0.05, 0) is 36.6 Å². The highest BCUT2D eigenvalue weighted by Crippen LogP contribution is 2.35. The van der Waals surface area contributed by atoms with E-state index in [4.69, 9.17) is 5.73 Å². The first-order valence-corrected chi connectivity index (χ1v) is 9.40. The third-order valence-electron chi connectivity index (χ3n) is 5.30. The lowest BCUT2D eigenvalue weighted by Gasteiger charge is -2.27. The van der Waals surface area contributed by atoms with Crippen molar-refractivity contribution >= 4 is 11.6 Å². The molecule has 0 atom stereocenters. The summed E-state index contributed by atoms with van der Waals surface area (Å²) in [5, 5.41) is 13.4. The van der Waals surface area contributed by atoms with Crippen LogP contribution in [0.5, 0.6) is 5.88 Å². The average molecular weight is 425 g/mol. The average Bonchev–Trinajstić information content (AvgIpc) is 3.28. The normalized spacial score (nSPS) is 19.9. The number of hydrogen-bond donors (Lipinski definition) is 2. The van der Waals surface area contributed by atoms with Gasteiger partial charge in [0.15, 0.2) is 11.3 Å². The monoisotopic (exact) mass is 425 g/mol. The number of amides is 1. The van der Waals surface area contributed by atoms with E-state index in [0.717, 1.165) is 12.8 Å². The molecule has 0 saturated heterocycles. The third kappa shape index (κ3) is 3.82. The Morgan fingerprint density at radius 2 is 2.03 bits per heavy atom. The summed E-state index contributed by atoms with van der Waals surface area (Å²) in [7, 11) is 0. The van der Waals surface area contributed by atoms with Gasteiger partial charge in [-0.3, -0.25) is 9.48 Å². The summed E-state index contributed by atoms with van der Waals surface area (Å²) in [5.41, 5.74) is 5.63. The molecule has 1 amide bonds. The number of nitrogens with zero attached hydrogens (tertiary/aromatic N) is 5. The second-order valence-corrected chi connectivity index (χ2v) is 7.24. The van der Waals surface area contributed by atoms with Gasteiger partial charge in [-0.1, -0.05) is 0 Å². The second kappa shape index (κ2) is 7.59. The number of rotatable bonds is 5. The number of ether oxygens (including phenoxy) is 1. The van der Waals surface area contributed by atoms with Crippen LogP contribution >= 0.6 is 0 Å². The number of aliphatic hydroxyl groups excluding tert-OH is 1. The van der Waals surface area contributed by atoms with Crippen molar-refractivity contribution in [1.82, 2.24) is 19.4 Å². The van der Waals surface area contributed by atoms with Gasteiger partial charge in [0.05, 0.1) is 18.4 Å². The maximum absolute atomic E-state index is 13.0. The zero-order valence-corrected chi connectivity index (χ0v) is 15.8. The summed E-state index contributed by atoms with van der Waals surface area (Å²) in [6.07, 6.45) is 3.65. The first-order chi connectivity index (χ1) is 14.3. The summed E-state index contributed by atoms with van der Waals surface area (Å²) in [6, 6.07) is 1.44. The fraction of sp³-hybridized carbons (Fsp3) is 0.444. The molecule has 3 N–H and O–H groups in total. The van der Waals surface area contributed by atoms with E-state index in [0.29, 0.717) is 12.8 Å². The molecule has 9 nitrogen and oxygen atoms in total. The molecule has 0 spiro atoms. The van der Waals surface area contributed by atoms with Crippen LogP contribution in [0.15, 0.2) is 30.9 Å². The first-order valence-electron chi connectivity index (χ1n) is 9.40. The van der Waals surface area contributed by atoms with Crippen molar-refractivity contribution in [3.05, 3.63) is 36.4 Å². The van der Waals surface area contributed by atoms with E-state index in [2.05, 4.69) is 14.8 Å². The fourth-order valence-electron chi connectivity index (χ4n) is 3.82. The van der Waals surface area contributed by atoms with E-state index >= 15 is 0 Å². The molecule has 4 rings (SSSR count). The highest BCUT2D eigenvalue weighted by atomic mass is 19.4. The molecule has 30 heavy (non-hydrogen) atoms. The minimum Gasteiger partial charge on any atom is -0.396 e. The van der Waals surface area contributed by atoms with Crippen LogP contribution in [0.1, 0.15) is 42.1 Å². The molecule has 1 fully saturated rings. The molecule has 0 aromatic carbocycles. The zero-order chi connectivity index (χ0) is 21.5. The molecule has 3 aromatic rings. The molecule has 0 bridgehead atoms. The molecular weight excluding hydrogens is 405 g/mol. The standard InChI is InChI=1S/C18H19F3N6O3/c19-18(20,21)30-17-14(9-25(24-17)12-4-2-11(10-28)3-5-12)27-8-13(15(22)29)16-23-6-1-7-26(16)27/h1,6-9,11-12,28H,2-5,10H2,(H-,22,29)/p+1. The molecular formula is C18H20F3N6O3+. The molecule has 0 aliphatic heterocycles. The van der Waals surface area contributed by atoms with Crippen LogP contribution in [0, 0.1) is 5.92 Å². The number of aliphatic hydroxyl groups is 1. The second-order valence-electron chi connectivity index (χ2n) is 7.24. The number of primary amides is 1. The lowest BCUT2D eigenvalue weighted by Crippen LogP contribution is -2.32. The third-order valence-corrected chi connectivity index (χ3v) is 5.30. The molecule has 3 aromatic heterocycles. The largest absolute Gasteiger partial charge is 0.574 e. The minimum absolute atomic E-state index is 0.00731. The van der Waals surface area contributed by atoms with Crippen LogP contribution in [0.4, 0.5) is 13.2 Å². The van der Waals surface area contributed by atoms with Crippen LogP contribution in [-0.4, -0.2) is 43.4 Å². The summed E-state index contributed by atoms with van der Waals surface area (Å²) < 4.78 is 47.4. The molecule has 1 aliphatic carbocycles. The molecule has 0 radical (unpaired) electrons. The molecule has 12 heteroatoms. The van der Waals surface area contributed by atoms with Gasteiger partial charge in [0, 0.05) is 12.7 Å². The van der Waals surface area contributed by atoms with Gasteiger partial charge in [0.1, 0.15) is 12.4 Å². The van der Waals surface area contributed by atoms with Gasteiger partial charge in [0.2, 0.25) is 0 Å². The van der Waals surface area contributed by atoms with Gasteiger partial charge >= 0.3 is 12.0 Å². The van der Waals surface area contributed by atoms with Crippen molar-refractivity contribution in [1.29, 1.82) is 0 Å². The van der Waals surface area contributed by atoms with E-state index < -0.39 is 18.1 Å². The number of carbonyl (C=O) groups excluding carboxylic acids is 1. The van der Waals surface area contributed by atoms with Crippen molar-refractivity contribution in [2.24, 2.45) is 11.7 Å². The molecule has 1 saturated carbocycles. The van der Waals surface area contributed by atoms with E-state index in [1.54, 1.807) is 6.07 Å². The topological polar surface area (TPSA) is 112 Å². The number of aromatic nitrogens is 5. The number of halogens is 3. The Kier molecular flexibility index (Phi) is 5.10. The fourth-order valence-corrected chi connectivity index (χ4v) is 3.82. The van der Waals surface area contributed by atoms with Crippen LogP contribution in [-0.2, 0) is 0 Å². The van der Waals surface area contributed by atoms with Gasteiger partial charge in [-0.15, -0.1) is 22.8 Å². The van der Waals surface area contributed by atoms with Crippen molar-refractivity contribution in [2.75, 3.05) is 6.61 Å². The Balaban J connectivity index is 1.80. The number of nitrogens with two attached hydrogens (primary N) is 1. The highest BCUT2D eigenvalue weighted by molar-refractivity contribution is 5.97. The number of fused-ring (bicyclic) bond motifs is 1. The lowest BCUT2D eigenvalue weighted by atomic mass is 9.87. The minimum atomic E-state index is -4.94. The molecule has 0 unspecified atom stereocenters. The van der Waals surface area contributed by atoms with E-state index in [-0.39, 0.29) is 35.5 Å². The van der Waals surface area contributed by atoms with Crippen molar-refractivity contribution in [2.45, 2.75) is 38.1 Å². The van der Waals surface area contributed by atoms with Crippen molar-refractivity contribution in [3.8, 4) is 11.6 Å². The SMILES string of the molecule is NC(=O)c1cn(-c2cn(C3CCC(CO)CC3)nc2OC(F)(F)F)[n+]2cccnc12. The Bertz CT molecular complexity index is 1070. The summed E-state index contributed by atoms with van der Waals surface area (Å²) in [6.45, 7) is 0.0917. The van der Waals surface area contributed by atoms with Gasteiger partial charge in [-0.25, -0.2) is 0 Å². The van der Waals surface area contributed by atoms with Crippen LogP contribution in [0.25, 0.3) is 11.3 Å². The first kappa shape index (κ1) is 20.1. The van der Waals surface area contributed by atoms with E-state index in [1.807, 2.05) is 0 Å². The number of carbonyl (C=O) groups is 1. The van der Waals surface area contributed by atoms with Crippen LogP contribution < -0.4 is 15.0 Å². The maximum atomic E-state index is 13.0. The predicted octanol–water partition coefficient (Wildman–Crippen LogP) is 1.53. The predicted molar refractivity (Wildman–Crippen MR) is 95.8 cm³/mol. The summed E-state index contributed by atoms with van der Waals surface area (Å²) >= 11 is 0. The van der Waals surface area contributed by atoms with E-state index in [1.165, 1.54) is 38.7 Å². The van der Waals surface area contributed by atoms with Gasteiger partial charge in [0.25, 0.3) is 11.8 Å². The Labute approximate surface area is 168 Å². The number of hydrogen-bond acceptors (Lipinski definition) is 5. The van der Waals surface area contributed by atoms with Crippen LogP contribution in [0.3, 0.4) is 0 Å². The molecule has 160 valence electrons. The van der Waals surface area contributed by atoms with Gasteiger partial charge in [-0.2, -0.15) is 4.68 Å². The van der Waals surface area contributed by atoms with Gasteiger partial charge < -0.3 is 15.6 Å². The van der Waals surface area contributed by atoms with Crippen LogP contribution in [0.2, 0.25) is 0 Å². The lowest BCUT2D eigenvalue weighted by molar-refractivity contribution is -0.600. The molecule has 3 heterocycles. The summed E-state index contributed by atoms with van der Waals surface area (Å²) in [5.74, 6) is -1.22. The number of alkyl halides is 3. The smallest absolute Gasteiger partial charge is 0.396 e. The Morgan fingerprint density at radius 3 is 2.67 bits per heavy atom. The van der Waals surface area contributed by atoms with E-state index in [9.17, 15) is 23.1 Å². The maximum Gasteiger partial charge on any atom is 0.574 e.